The van der Waals surface area contributed by atoms with Gasteiger partial charge in [-0.2, -0.15) is 5.10 Å². The summed E-state index contributed by atoms with van der Waals surface area (Å²) in [5.41, 5.74) is 4.02. The van der Waals surface area contributed by atoms with Crippen LogP contribution in [0.15, 0.2) is 36.5 Å². The molecular formula is C18H27N3. The molecule has 21 heavy (non-hydrogen) atoms. The molecule has 0 fully saturated rings. The zero-order chi connectivity index (χ0) is 15.2. The Labute approximate surface area is 128 Å². The molecule has 0 aliphatic heterocycles. The van der Waals surface area contributed by atoms with E-state index in [1.54, 1.807) is 0 Å². The number of nitrogens with zero attached hydrogens (tertiary/aromatic N) is 2. The molecule has 1 aromatic carbocycles. The first-order valence-corrected chi connectivity index (χ1v) is 7.92. The Hall–Kier alpha value is -1.61. The molecule has 3 heteroatoms. The number of aromatic nitrogens is 2. The maximum absolute atomic E-state index is 4.30. The number of aryl methyl sites for hydroxylation is 1. The van der Waals surface area contributed by atoms with Gasteiger partial charge in [-0.25, -0.2) is 0 Å². The minimum Gasteiger partial charge on any atom is -0.308 e. The molecule has 1 unspecified atom stereocenters. The van der Waals surface area contributed by atoms with Gasteiger partial charge in [0.2, 0.25) is 0 Å². The summed E-state index contributed by atoms with van der Waals surface area (Å²) in [6, 6.07) is 11.4. The molecule has 0 amide bonds. The van der Waals surface area contributed by atoms with Crippen molar-refractivity contribution in [1.82, 2.24) is 15.1 Å². The third-order valence-electron chi connectivity index (χ3n) is 3.94. The molecule has 1 aromatic heterocycles. The number of rotatable bonds is 7. The first kappa shape index (κ1) is 15.8. The van der Waals surface area contributed by atoms with E-state index in [2.05, 4.69) is 61.5 Å². The van der Waals surface area contributed by atoms with E-state index in [0.29, 0.717) is 12.0 Å². The molecule has 1 heterocycles. The smallest absolute Gasteiger partial charge is 0.0553 e. The van der Waals surface area contributed by atoms with Crippen molar-refractivity contribution in [2.75, 3.05) is 6.54 Å². The lowest BCUT2D eigenvalue weighted by molar-refractivity contribution is 0.493. The summed E-state index contributed by atoms with van der Waals surface area (Å²) in [6.07, 6.45) is 4.01. The summed E-state index contributed by atoms with van der Waals surface area (Å²) >= 11 is 0. The van der Waals surface area contributed by atoms with Crippen LogP contribution in [-0.4, -0.2) is 16.3 Å². The van der Waals surface area contributed by atoms with Crippen LogP contribution >= 0.6 is 0 Å². The monoisotopic (exact) mass is 285 g/mol. The van der Waals surface area contributed by atoms with Crippen molar-refractivity contribution >= 4 is 0 Å². The van der Waals surface area contributed by atoms with Crippen LogP contribution in [0.3, 0.4) is 0 Å². The number of hydrogen-bond donors (Lipinski definition) is 1. The van der Waals surface area contributed by atoms with Gasteiger partial charge in [0.25, 0.3) is 0 Å². The highest BCUT2D eigenvalue weighted by molar-refractivity contribution is 5.26. The molecule has 0 saturated carbocycles. The fourth-order valence-electron chi connectivity index (χ4n) is 2.60. The number of benzene rings is 1. The molecule has 1 N–H and O–H groups in total. The lowest BCUT2D eigenvalue weighted by atomic mass is 9.98. The maximum atomic E-state index is 4.30. The summed E-state index contributed by atoms with van der Waals surface area (Å²) in [4.78, 5) is 0. The van der Waals surface area contributed by atoms with Gasteiger partial charge in [-0.15, -0.1) is 0 Å². The van der Waals surface area contributed by atoms with Gasteiger partial charge in [-0.3, -0.25) is 4.68 Å². The molecule has 0 saturated heterocycles. The molecule has 0 aliphatic carbocycles. The highest BCUT2D eigenvalue weighted by Gasteiger charge is 2.15. The predicted octanol–water partition coefficient (Wildman–Crippen LogP) is 3.83. The molecule has 114 valence electrons. The predicted molar refractivity (Wildman–Crippen MR) is 88.5 cm³/mol. The lowest BCUT2D eigenvalue weighted by Crippen LogP contribution is -2.26. The highest BCUT2D eigenvalue weighted by Crippen LogP contribution is 2.20. The van der Waals surface area contributed by atoms with E-state index in [4.69, 9.17) is 0 Å². The van der Waals surface area contributed by atoms with Gasteiger partial charge in [-0.05, 0) is 42.5 Å². The standard InChI is InChI=1S/C18H27N3/c1-5-11-19-17(18-10-12-20-21(18)4)13-15-6-8-16(9-7-15)14(2)3/h6-10,12,14,17,19H,5,11,13H2,1-4H3. The second-order valence-corrected chi connectivity index (χ2v) is 5.99. The van der Waals surface area contributed by atoms with Crippen LogP contribution < -0.4 is 5.32 Å². The van der Waals surface area contributed by atoms with E-state index in [-0.39, 0.29) is 0 Å². The van der Waals surface area contributed by atoms with Crippen LogP contribution in [0, 0.1) is 0 Å². The fourth-order valence-corrected chi connectivity index (χ4v) is 2.60. The summed E-state index contributed by atoms with van der Waals surface area (Å²) < 4.78 is 1.97. The van der Waals surface area contributed by atoms with E-state index in [1.807, 2.05) is 17.9 Å². The van der Waals surface area contributed by atoms with E-state index < -0.39 is 0 Å². The van der Waals surface area contributed by atoms with E-state index in [9.17, 15) is 0 Å². The molecule has 2 rings (SSSR count). The van der Waals surface area contributed by atoms with Gasteiger partial charge in [0.1, 0.15) is 0 Å². The molecule has 0 bridgehead atoms. The summed E-state index contributed by atoms with van der Waals surface area (Å²) in [5.74, 6) is 0.588. The zero-order valence-electron chi connectivity index (χ0n) is 13.6. The normalized spacial score (nSPS) is 12.8. The summed E-state index contributed by atoms with van der Waals surface area (Å²) in [7, 11) is 2.01. The zero-order valence-corrected chi connectivity index (χ0v) is 13.6. The van der Waals surface area contributed by atoms with Crippen molar-refractivity contribution < 1.29 is 0 Å². The van der Waals surface area contributed by atoms with Crippen LogP contribution in [0.4, 0.5) is 0 Å². The van der Waals surface area contributed by atoms with Crippen LogP contribution in [0.2, 0.25) is 0 Å². The molecule has 1 atom stereocenters. The van der Waals surface area contributed by atoms with Gasteiger partial charge in [-0.1, -0.05) is 45.0 Å². The van der Waals surface area contributed by atoms with E-state index >= 15 is 0 Å². The quantitative estimate of drug-likeness (QED) is 0.838. The van der Waals surface area contributed by atoms with E-state index in [0.717, 1.165) is 19.4 Å². The largest absolute Gasteiger partial charge is 0.308 e. The number of nitrogens with one attached hydrogen (secondary N) is 1. The SMILES string of the molecule is CCCNC(Cc1ccc(C(C)C)cc1)c1ccnn1C. The molecular weight excluding hydrogens is 258 g/mol. The van der Waals surface area contributed by atoms with Gasteiger partial charge in [0, 0.05) is 13.2 Å². The number of hydrogen-bond acceptors (Lipinski definition) is 2. The Bertz CT molecular complexity index is 540. The summed E-state index contributed by atoms with van der Waals surface area (Å²) in [6.45, 7) is 7.69. The minimum atomic E-state index is 0.322. The van der Waals surface area contributed by atoms with Crippen molar-refractivity contribution in [3.63, 3.8) is 0 Å². The third kappa shape index (κ3) is 4.18. The lowest BCUT2D eigenvalue weighted by Gasteiger charge is -2.19. The first-order chi connectivity index (χ1) is 10.1. The Morgan fingerprint density at radius 2 is 1.86 bits per heavy atom. The van der Waals surface area contributed by atoms with Crippen LogP contribution in [0.5, 0.6) is 0 Å². The topological polar surface area (TPSA) is 29.9 Å². The van der Waals surface area contributed by atoms with Gasteiger partial charge < -0.3 is 5.32 Å². The van der Waals surface area contributed by atoms with Crippen LogP contribution in [-0.2, 0) is 13.5 Å². The van der Waals surface area contributed by atoms with E-state index in [1.165, 1.54) is 16.8 Å². The Morgan fingerprint density at radius 1 is 1.14 bits per heavy atom. The molecule has 2 aromatic rings. The molecule has 0 radical (unpaired) electrons. The average molecular weight is 285 g/mol. The van der Waals surface area contributed by atoms with Crippen molar-refractivity contribution in [2.45, 2.75) is 45.6 Å². The summed E-state index contributed by atoms with van der Waals surface area (Å²) in [5, 5.41) is 7.94. The maximum Gasteiger partial charge on any atom is 0.0553 e. The molecule has 0 aliphatic rings. The van der Waals surface area contributed by atoms with Crippen LogP contribution in [0.25, 0.3) is 0 Å². The Morgan fingerprint density at radius 3 is 2.38 bits per heavy atom. The highest BCUT2D eigenvalue weighted by atomic mass is 15.3. The molecule has 3 nitrogen and oxygen atoms in total. The first-order valence-electron chi connectivity index (χ1n) is 7.92. The average Bonchev–Trinajstić information content (AvgIpc) is 2.90. The Kier molecular flexibility index (Phi) is 5.57. The minimum absolute atomic E-state index is 0.322. The Balaban J connectivity index is 2.13. The van der Waals surface area contributed by atoms with Gasteiger partial charge in [0.05, 0.1) is 11.7 Å². The van der Waals surface area contributed by atoms with Crippen molar-refractivity contribution in [3.8, 4) is 0 Å². The van der Waals surface area contributed by atoms with Gasteiger partial charge >= 0.3 is 0 Å². The third-order valence-corrected chi connectivity index (χ3v) is 3.94. The second-order valence-electron chi connectivity index (χ2n) is 5.99. The fraction of sp³-hybridized carbons (Fsp3) is 0.500. The van der Waals surface area contributed by atoms with Gasteiger partial charge in [0.15, 0.2) is 0 Å². The van der Waals surface area contributed by atoms with Crippen molar-refractivity contribution in [3.05, 3.63) is 53.3 Å². The van der Waals surface area contributed by atoms with Crippen LogP contribution in [0.1, 0.15) is 56.0 Å². The van der Waals surface area contributed by atoms with Crippen molar-refractivity contribution in [1.29, 1.82) is 0 Å². The molecule has 0 spiro atoms. The van der Waals surface area contributed by atoms with Crippen molar-refractivity contribution in [2.24, 2.45) is 7.05 Å². The second kappa shape index (κ2) is 7.41.